The molecule has 4 nitrogen and oxygen atoms in total. The number of hydrogen-bond acceptors (Lipinski definition) is 3. The molecule has 1 saturated heterocycles. The topological polar surface area (TPSA) is 46.6 Å². The van der Waals surface area contributed by atoms with Crippen molar-refractivity contribution in [3.63, 3.8) is 0 Å². The molecular weight excluding hydrogens is 230 g/mol. The molecule has 1 aromatic rings. The summed E-state index contributed by atoms with van der Waals surface area (Å²) < 4.78 is 4.78. The molecule has 0 bridgehead atoms. The number of carbonyl (C=O) groups is 2. The van der Waals surface area contributed by atoms with Crippen LogP contribution in [0, 0.1) is 0 Å². The summed E-state index contributed by atoms with van der Waals surface area (Å²) in [5, 5.41) is 0. The van der Waals surface area contributed by atoms with Crippen LogP contribution in [0.4, 0.5) is 0 Å². The number of esters is 1. The maximum absolute atomic E-state index is 10.8. The summed E-state index contributed by atoms with van der Waals surface area (Å²) in [5.41, 5.74) is 1.70. The van der Waals surface area contributed by atoms with E-state index in [-0.39, 0.29) is 5.97 Å². The van der Waals surface area contributed by atoms with Crippen molar-refractivity contribution in [2.45, 2.75) is 25.9 Å². The zero-order valence-electron chi connectivity index (χ0n) is 10.3. The predicted molar refractivity (Wildman–Crippen MR) is 67.0 cm³/mol. The molecule has 1 amide bonds. The third kappa shape index (κ3) is 3.09. The van der Waals surface area contributed by atoms with Gasteiger partial charge in [-0.05, 0) is 25.3 Å². The van der Waals surface area contributed by atoms with Gasteiger partial charge in [-0.15, -0.1) is 0 Å². The molecule has 0 spiro atoms. The van der Waals surface area contributed by atoms with Gasteiger partial charge in [0.1, 0.15) is 6.61 Å². The molecule has 0 aromatic heterocycles. The summed E-state index contributed by atoms with van der Waals surface area (Å²) in [4.78, 5) is 22.8. The van der Waals surface area contributed by atoms with Crippen LogP contribution in [0.3, 0.4) is 0 Å². The number of piperidine rings is 1. The molecule has 0 radical (unpaired) electrons. The molecule has 4 heteroatoms. The average molecular weight is 247 g/mol. The van der Waals surface area contributed by atoms with Crippen molar-refractivity contribution < 1.29 is 14.3 Å². The van der Waals surface area contributed by atoms with Gasteiger partial charge in [0.15, 0.2) is 0 Å². The molecule has 0 saturated carbocycles. The van der Waals surface area contributed by atoms with Crippen LogP contribution in [0.25, 0.3) is 0 Å². The number of likely N-dealkylation sites (tertiary alicyclic amines) is 1. The lowest BCUT2D eigenvalue weighted by Crippen LogP contribution is -2.27. The van der Waals surface area contributed by atoms with E-state index < -0.39 is 0 Å². The van der Waals surface area contributed by atoms with Crippen LogP contribution in [0.1, 0.15) is 35.2 Å². The van der Waals surface area contributed by atoms with E-state index in [0.29, 0.717) is 12.2 Å². The number of fused-ring (bicyclic) bond motifs is 1. The predicted octanol–water partition coefficient (Wildman–Crippen LogP) is 1.99. The van der Waals surface area contributed by atoms with E-state index in [1.54, 1.807) is 6.07 Å². The molecule has 2 heterocycles. The van der Waals surface area contributed by atoms with Crippen molar-refractivity contribution in [2.24, 2.45) is 0 Å². The number of hydrogen-bond donors (Lipinski definition) is 0. The minimum Gasteiger partial charge on any atom is -0.457 e. The van der Waals surface area contributed by atoms with Crippen LogP contribution in [-0.2, 0) is 16.1 Å². The largest absolute Gasteiger partial charge is 0.457 e. The van der Waals surface area contributed by atoms with Crippen LogP contribution in [-0.4, -0.2) is 30.4 Å². The van der Waals surface area contributed by atoms with Gasteiger partial charge >= 0.3 is 5.97 Å². The van der Waals surface area contributed by atoms with Gasteiger partial charge in [-0.3, -0.25) is 4.79 Å². The lowest BCUT2D eigenvalue weighted by Gasteiger charge is -2.21. The van der Waals surface area contributed by atoms with Gasteiger partial charge < -0.3 is 9.64 Å². The first-order chi connectivity index (χ1) is 8.81. The van der Waals surface area contributed by atoms with E-state index in [9.17, 15) is 9.59 Å². The van der Waals surface area contributed by atoms with E-state index in [4.69, 9.17) is 4.74 Å². The highest BCUT2D eigenvalue weighted by atomic mass is 16.5. The number of carbonyl (C=O) groups excluding carboxylic acids is 2. The van der Waals surface area contributed by atoms with Crippen molar-refractivity contribution in [1.29, 1.82) is 0 Å². The molecule has 96 valence electrons. The number of benzene rings is 1. The third-order valence-electron chi connectivity index (χ3n) is 3.14. The molecule has 18 heavy (non-hydrogen) atoms. The first-order valence-electron chi connectivity index (χ1n) is 6.25. The van der Waals surface area contributed by atoms with Gasteiger partial charge in [-0.2, -0.15) is 0 Å². The van der Waals surface area contributed by atoms with E-state index >= 15 is 0 Å². The number of nitrogens with zero attached hydrogens (tertiary/aromatic N) is 1. The summed E-state index contributed by atoms with van der Waals surface area (Å²) in [5.74, 6) is -0.199. The molecule has 0 atom stereocenters. The number of cyclic esters (lactones) is 1. The second-order valence-corrected chi connectivity index (χ2v) is 4.44. The third-order valence-corrected chi connectivity index (χ3v) is 3.14. The maximum atomic E-state index is 10.8. The van der Waals surface area contributed by atoms with Crippen molar-refractivity contribution >= 4 is 12.4 Å². The molecule has 2 aliphatic rings. The molecule has 1 aromatic carbocycles. The Balaban J connectivity index is 0.000000138. The minimum absolute atomic E-state index is 0.199. The Morgan fingerprint density at radius 1 is 1.11 bits per heavy atom. The minimum atomic E-state index is -0.199. The molecular formula is C14H17NO3. The molecule has 0 aliphatic carbocycles. The Kier molecular flexibility index (Phi) is 4.34. The summed E-state index contributed by atoms with van der Waals surface area (Å²) in [7, 11) is 0. The van der Waals surface area contributed by atoms with Gasteiger partial charge in [0.25, 0.3) is 0 Å². The zero-order chi connectivity index (χ0) is 12.8. The summed E-state index contributed by atoms with van der Waals surface area (Å²) >= 11 is 0. The molecule has 1 fully saturated rings. The van der Waals surface area contributed by atoms with E-state index in [2.05, 4.69) is 0 Å². The van der Waals surface area contributed by atoms with Crippen LogP contribution >= 0.6 is 0 Å². The van der Waals surface area contributed by atoms with E-state index in [1.165, 1.54) is 19.3 Å². The highest BCUT2D eigenvalue weighted by Crippen LogP contribution is 2.18. The lowest BCUT2D eigenvalue weighted by atomic mass is 10.1. The summed E-state index contributed by atoms with van der Waals surface area (Å²) in [6, 6.07) is 7.43. The van der Waals surface area contributed by atoms with Crippen LogP contribution in [0.15, 0.2) is 24.3 Å². The van der Waals surface area contributed by atoms with E-state index in [1.807, 2.05) is 23.1 Å². The molecule has 0 N–H and O–H groups in total. The van der Waals surface area contributed by atoms with Crippen molar-refractivity contribution in [2.75, 3.05) is 13.1 Å². The van der Waals surface area contributed by atoms with Gasteiger partial charge in [0.05, 0.1) is 5.56 Å². The van der Waals surface area contributed by atoms with Crippen molar-refractivity contribution in [3.05, 3.63) is 35.4 Å². The second kappa shape index (κ2) is 6.19. The number of rotatable bonds is 1. The summed E-state index contributed by atoms with van der Waals surface area (Å²) in [6.07, 6.45) is 4.63. The smallest absolute Gasteiger partial charge is 0.338 e. The Labute approximate surface area is 107 Å². The fourth-order valence-electron chi connectivity index (χ4n) is 2.09. The standard InChI is InChI=1S/C8H6O2.C6H11NO/c9-8-7-4-2-1-3-6(7)5-10-8;8-6-7-4-2-1-3-5-7/h1-4H,5H2;6H,1-5H2. The first-order valence-corrected chi connectivity index (χ1v) is 6.25. The Bertz CT molecular complexity index is 425. The monoisotopic (exact) mass is 247 g/mol. The summed E-state index contributed by atoms with van der Waals surface area (Å²) in [6.45, 7) is 2.39. The van der Waals surface area contributed by atoms with Gasteiger partial charge in [-0.1, -0.05) is 18.2 Å². The lowest BCUT2D eigenvalue weighted by molar-refractivity contribution is -0.118. The maximum Gasteiger partial charge on any atom is 0.338 e. The average Bonchev–Trinajstić information content (AvgIpc) is 2.83. The fraction of sp³-hybridized carbons (Fsp3) is 0.429. The Hall–Kier alpha value is -1.84. The molecule has 3 rings (SSSR count). The highest BCUT2D eigenvalue weighted by Gasteiger charge is 2.18. The van der Waals surface area contributed by atoms with E-state index in [0.717, 1.165) is 25.1 Å². The zero-order valence-corrected chi connectivity index (χ0v) is 10.3. The van der Waals surface area contributed by atoms with Crippen LogP contribution < -0.4 is 0 Å². The highest BCUT2D eigenvalue weighted by molar-refractivity contribution is 5.93. The van der Waals surface area contributed by atoms with Gasteiger partial charge in [0.2, 0.25) is 6.41 Å². The quantitative estimate of drug-likeness (QED) is 0.563. The normalized spacial score (nSPS) is 17.3. The van der Waals surface area contributed by atoms with Gasteiger partial charge in [0, 0.05) is 18.7 Å². The SMILES string of the molecule is O=C1OCc2ccccc21.O=CN1CCCCC1. The number of amides is 1. The molecule has 0 unspecified atom stereocenters. The Morgan fingerprint density at radius 3 is 2.44 bits per heavy atom. The van der Waals surface area contributed by atoms with Crippen LogP contribution in [0.5, 0.6) is 0 Å². The van der Waals surface area contributed by atoms with Crippen LogP contribution in [0.2, 0.25) is 0 Å². The second-order valence-electron chi connectivity index (χ2n) is 4.44. The van der Waals surface area contributed by atoms with Gasteiger partial charge in [-0.25, -0.2) is 4.79 Å². The number of ether oxygens (including phenoxy) is 1. The fourth-order valence-corrected chi connectivity index (χ4v) is 2.09. The Morgan fingerprint density at radius 2 is 1.83 bits per heavy atom. The van der Waals surface area contributed by atoms with Crippen molar-refractivity contribution in [3.8, 4) is 0 Å². The molecule has 2 aliphatic heterocycles. The van der Waals surface area contributed by atoms with Crippen molar-refractivity contribution in [1.82, 2.24) is 4.90 Å². The first kappa shape index (κ1) is 12.6.